The molecule has 0 aliphatic rings. The second-order valence-electron chi connectivity index (χ2n) is 7.57. The summed E-state index contributed by atoms with van der Waals surface area (Å²) in [7, 11) is 3.62. The van der Waals surface area contributed by atoms with E-state index >= 15 is 0 Å². The van der Waals surface area contributed by atoms with E-state index in [2.05, 4.69) is 36.5 Å². The van der Waals surface area contributed by atoms with Crippen molar-refractivity contribution in [3.05, 3.63) is 89.4 Å². The topological polar surface area (TPSA) is 65.8 Å². The van der Waals surface area contributed by atoms with Crippen molar-refractivity contribution >= 4 is 17.5 Å². The van der Waals surface area contributed by atoms with Gasteiger partial charge in [0.15, 0.2) is 0 Å². The fraction of sp³-hybridized carbons (Fsp3) is 0.280. The van der Waals surface area contributed by atoms with Gasteiger partial charge < -0.3 is 14.6 Å². The molecule has 0 aliphatic heterocycles. The van der Waals surface area contributed by atoms with Crippen molar-refractivity contribution in [3.8, 4) is 0 Å². The fourth-order valence-electron chi connectivity index (χ4n) is 3.35. The van der Waals surface area contributed by atoms with Gasteiger partial charge in [0.05, 0.1) is 30.6 Å². The Balaban J connectivity index is 1.62. The Morgan fingerprint density at radius 2 is 1.65 bits per heavy atom. The number of carbonyl (C=O) groups excluding carboxylic acids is 2. The first-order valence-electron chi connectivity index (χ1n) is 10.4. The zero-order valence-electron chi connectivity index (χ0n) is 18.3. The van der Waals surface area contributed by atoms with E-state index in [9.17, 15) is 9.59 Å². The average molecular weight is 420 g/mol. The number of hydrogen-bond acceptors (Lipinski definition) is 4. The molecule has 0 saturated heterocycles. The van der Waals surface area contributed by atoms with Crippen LogP contribution in [-0.2, 0) is 24.3 Å². The van der Waals surface area contributed by atoms with Crippen molar-refractivity contribution in [2.75, 3.05) is 25.5 Å². The summed E-state index contributed by atoms with van der Waals surface area (Å²) in [5, 5.41) is 2.84. The van der Waals surface area contributed by atoms with Crippen molar-refractivity contribution in [1.29, 1.82) is 0 Å². The van der Waals surface area contributed by atoms with Gasteiger partial charge in [0.25, 0.3) is 5.91 Å². The summed E-state index contributed by atoms with van der Waals surface area (Å²) in [6, 6.07) is 19.1. The molecule has 6 nitrogen and oxygen atoms in total. The monoisotopic (exact) mass is 419 g/mol. The van der Waals surface area contributed by atoms with Crippen molar-refractivity contribution in [3.63, 3.8) is 0 Å². The van der Waals surface area contributed by atoms with E-state index in [4.69, 9.17) is 4.42 Å². The maximum atomic E-state index is 12.9. The lowest BCUT2D eigenvalue weighted by Crippen LogP contribution is -2.37. The summed E-state index contributed by atoms with van der Waals surface area (Å²) in [4.78, 5) is 29.1. The number of nitrogens with one attached hydrogen (secondary N) is 1. The van der Waals surface area contributed by atoms with E-state index in [-0.39, 0.29) is 24.9 Å². The third-order valence-corrected chi connectivity index (χ3v) is 5.18. The summed E-state index contributed by atoms with van der Waals surface area (Å²) < 4.78 is 5.26. The van der Waals surface area contributed by atoms with E-state index in [0.29, 0.717) is 23.6 Å². The minimum atomic E-state index is -0.254. The van der Waals surface area contributed by atoms with Crippen LogP contribution in [0, 0.1) is 0 Å². The van der Waals surface area contributed by atoms with Gasteiger partial charge in [0.1, 0.15) is 5.76 Å². The lowest BCUT2D eigenvalue weighted by Gasteiger charge is -2.24. The van der Waals surface area contributed by atoms with Gasteiger partial charge in [-0.25, -0.2) is 0 Å². The first kappa shape index (κ1) is 22.3. The Labute approximate surface area is 183 Å². The molecule has 0 aliphatic carbocycles. The van der Waals surface area contributed by atoms with E-state index in [1.54, 1.807) is 48.5 Å². The van der Waals surface area contributed by atoms with Crippen LogP contribution >= 0.6 is 0 Å². The van der Waals surface area contributed by atoms with E-state index < -0.39 is 0 Å². The van der Waals surface area contributed by atoms with Gasteiger partial charge in [-0.3, -0.25) is 14.5 Å². The molecule has 162 valence electrons. The highest BCUT2D eigenvalue weighted by atomic mass is 16.3. The van der Waals surface area contributed by atoms with Gasteiger partial charge in [-0.15, -0.1) is 0 Å². The van der Waals surface area contributed by atoms with Crippen molar-refractivity contribution in [2.24, 2.45) is 0 Å². The van der Waals surface area contributed by atoms with E-state index in [1.165, 1.54) is 5.56 Å². The molecule has 31 heavy (non-hydrogen) atoms. The number of benzene rings is 2. The number of para-hydroxylation sites is 1. The Morgan fingerprint density at radius 3 is 2.32 bits per heavy atom. The highest BCUT2D eigenvalue weighted by molar-refractivity contribution is 6.04. The average Bonchev–Trinajstić information content (AvgIpc) is 3.31. The normalized spacial score (nSPS) is 10.8. The minimum absolute atomic E-state index is 0.0843. The Kier molecular flexibility index (Phi) is 7.62. The fourth-order valence-corrected chi connectivity index (χ4v) is 3.35. The largest absolute Gasteiger partial charge is 0.467 e. The summed E-state index contributed by atoms with van der Waals surface area (Å²) in [6.07, 6.45) is 2.57. The molecular formula is C25H29N3O3. The van der Waals surface area contributed by atoms with Crippen LogP contribution in [0.5, 0.6) is 0 Å². The standard InChI is InChI=1S/C25H29N3O3/c1-4-19-11-13-20(14-12-19)17-27(2)18-24(29)28(3)23-10-6-5-9-22(23)25(30)26-16-21-8-7-15-31-21/h5-15H,4,16-18H2,1-3H3,(H,26,30). The van der Waals surface area contributed by atoms with E-state index in [1.807, 2.05) is 18.0 Å². The van der Waals surface area contributed by atoms with Crippen LogP contribution in [0.4, 0.5) is 5.69 Å². The zero-order chi connectivity index (χ0) is 22.2. The molecule has 0 radical (unpaired) electrons. The Bertz CT molecular complexity index is 997. The third kappa shape index (κ3) is 6.06. The molecule has 3 aromatic rings. The molecule has 0 bridgehead atoms. The second kappa shape index (κ2) is 10.6. The SMILES string of the molecule is CCc1ccc(CN(C)CC(=O)N(C)c2ccccc2C(=O)NCc2ccco2)cc1. The van der Waals surface area contributed by atoms with Gasteiger partial charge in [-0.2, -0.15) is 0 Å². The quantitative estimate of drug-likeness (QED) is 0.572. The number of rotatable bonds is 9. The van der Waals surface area contributed by atoms with Gasteiger partial charge >= 0.3 is 0 Å². The molecule has 2 aromatic carbocycles. The summed E-state index contributed by atoms with van der Waals surface area (Å²) in [5.41, 5.74) is 3.48. The highest BCUT2D eigenvalue weighted by Crippen LogP contribution is 2.20. The maximum Gasteiger partial charge on any atom is 0.253 e. The van der Waals surface area contributed by atoms with Crippen LogP contribution in [0.3, 0.4) is 0 Å². The second-order valence-corrected chi connectivity index (χ2v) is 7.57. The van der Waals surface area contributed by atoms with Crippen LogP contribution < -0.4 is 10.2 Å². The Hall–Kier alpha value is -3.38. The smallest absolute Gasteiger partial charge is 0.253 e. The number of aryl methyl sites for hydroxylation is 1. The number of likely N-dealkylation sites (N-methyl/N-ethyl adjacent to an activating group) is 2. The lowest BCUT2D eigenvalue weighted by molar-refractivity contribution is -0.119. The highest BCUT2D eigenvalue weighted by Gasteiger charge is 2.19. The summed E-state index contributed by atoms with van der Waals surface area (Å²) in [6.45, 7) is 3.34. The number of furan rings is 1. The van der Waals surface area contributed by atoms with Crippen molar-refractivity contribution in [2.45, 2.75) is 26.4 Å². The molecule has 0 fully saturated rings. The molecule has 1 aromatic heterocycles. The molecule has 0 saturated carbocycles. The number of anilines is 1. The maximum absolute atomic E-state index is 12.9. The molecule has 3 rings (SSSR count). The van der Waals surface area contributed by atoms with Crippen molar-refractivity contribution in [1.82, 2.24) is 10.2 Å². The number of hydrogen-bond donors (Lipinski definition) is 1. The van der Waals surface area contributed by atoms with Crippen molar-refractivity contribution < 1.29 is 14.0 Å². The molecule has 1 N–H and O–H groups in total. The summed E-state index contributed by atoms with van der Waals surface area (Å²) >= 11 is 0. The lowest BCUT2D eigenvalue weighted by atomic mass is 10.1. The number of amides is 2. The van der Waals surface area contributed by atoms with Crippen LogP contribution in [0.15, 0.2) is 71.3 Å². The van der Waals surface area contributed by atoms with Gasteiger partial charge in [-0.1, -0.05) is 43.3 Å². The molecule has 0 spiro atoms. The molecule has 0 atom stereocenters. The first-order valence-corrected chi connectivity index (χ1v) is 10.4. The number of nitrogens with zero attached hydrogens (tertiary/aromatic N) is 2. The molecule has 0 unspecified atom stereocenters. The Morgan fingerprint density at radius 1 is 0.935 bits per heavy atom. The summed E-state index contributed by atoms with van der Waals surface area (Å²) in [5.74, 6) is 0.332. The van der Waals surface area contributed by atoms with Crippen LogP contribution in [-0.4, -0.2) is 37.4 Å². The van der Waals surface area contributed by atoms with Gasteiger partial charge in [0, 0.05) is 13.6 Å². The first-order chi connectivity index (χ1) is 15.0. The van der Waals surface area contributed by atoms with Gasteiger partial charge in [-0.05, 0) is 48.9 Å². The van der Waals surface area contributed by atoms with Gasteiger partial charge in [0.2, 0.25) is 5.91 Å². The zero-order valence-corrected chi connectivity index (χ0v) is 18.3. The molecular weight excluding hydrogens is 390 g/mol. The predicted molar refractivity (Wildman–Crippen MR) is 122 cm³/mol. The number of carbonyl (C=O) groups is 2. The molecule has 2 amide bonds. The minimum Gasteiger partial charge on any atom is -0.467 e. The van der Waals surface area contributed by atoms with Crippen LogP contribution in [0.2, 0.25) is 0 Å². The van der Waals surface area contributed by atoms with Crippen LogP contribution in [0.25, 0.3) is 0 Å². The molecule has 1 heterocycles. The predicted octanol–water partition coefficient (Wildman–Crippen LogP) is 3.87. The van der Waals surface area contributed by atoms with E-state index in [0.717, 1.165) is 12.0 Å². The molecule has 6 heteroatoms. The van der Waals surface area contributed by atoms with Crippen LogP contribution in [0.1, 0.15) is 34.2 Å². The third-order valence-electron chi connectivity index (χ3n) is 5.18.